The van der Waals surface area contributed by atoms with Crippen LogP contribution in [0.5, 0.6) is 0 Å². The van der Waals surface area contributed by atoms with Crippen molar-refractivity contribution in [3.8, 4) is 11.1 Å². The highest BCUT2D eigenvalue weighted by atomic mass is 16.3. The van der Waals surface area contributed by atoms with Crippen molar-refractivity contribution in [2.24, 2.45) is 0 Å². The average molecular weight is 584 g/mol. The number of nitrogens with zero attached hydrogens (tertiary/aromatic N) is 1. The molecule has 0 N–H and O–H groups in total. The lowest BCUT2D eigenvalue weighted by molar-refractivity contribution is 0.444. The van der Waals surface area contributed by atoms with Gasteiger partial charge in [0.25, 0.3) is 0 Å². The zero-order valence-electron chi connectivity index (χ0n) is 26.0. The van der Waals surface area contributed by atoms with Gasteiger partial charge in [-0.2, -0.15) is 0 Å². The normalized spacial score (nSPS) is 15.9. The molecule has 0 radical (unpaired) electrons. The van der Waals surface area contributed by atoms with Gasteiger partial charge < -0.3 is 9.32 Å². The Kier molecular flexibility index (Phi) is 5.97. The lowest BCUT2D eigenvalue weighted by Crippen LogP contribution is -2.18. The molecule has 0 saturated heterocycles. The maximum Gasteiger partial charge on any atom is 0.159 e. The monoisotopic (exact) mass is 583 g/mol. The molecule has 2 aliphatic carbocycles. The van der Waals surface area contributed by atoms with Crippen molar-refractivity contribution in [2.45, 2.75) is 57.3 Å². The van der Waals surface area contributed by atoms with E-state index in [9.17, 15) is 0 Å². The van der Waals surface area contributed by atoms with Gasteiger partial charge >= 0.3 is 0 Å². The van der Waals surface area contributed by atoms with E-state index in [1.165, 1.54) is 87.5 Å². The standard InChI is InChI=1S/C43H37NO/c1-43(2)36-20-10-8-18-33(36)34-25-24-30(27-37(34)43)44(38-21-11-9-16-31(38)28-13-4-3-5-14-28)39-22-12-19-35-41-32-17-7-6-15-29(32)23-26-40(41)45-42(35)39/h6-12,15-28H,3-5,13-14H2,1-2H3. The fourth-order valence-corrected chi connectivity index (χ4v) is 8.42. The predicted molar refractivity (Wildman–Crippen MR) is 189 cm³/mol. The third-order valence-corrected chi connectivity index (χ3v) is 10.7. The van der Waals surface area contributed by atoms with Crippen molar-refractivity contribution in [3.63, 3.8) is 0 Å². The van der Waals surface area contributed by atoms with Crippen molar-refractivity contribution >= 4 is 49.8 Å². The van der Waals surface area contributed by atoms with Crippen molar-refractivity contribution in [1.82, 2.24) is 0 Å². The fourth-order valence-electron chi connectivity index (χ4n) is 8.42. The highest BCUT2D eigenvalue weighted by molar-refractivity contribution is 6.21. The van der Waals surface area contributed by atoms with E-state index < -0.39 is 0 Å². The topological polar surface area (TPSA) is 16.4 Å². The molecule has 1 aromatic heterocycles. The van der Waals surface area contributed by atoms with Gasteiger partial charge in [-0.3, -0.25) is 0 Å². The summed E-state index contributed by atoms with van der Waals surface area (Å²) >= 11 is 0. The molecule has 1 heterocycles. The van der Waals surface area contributed by atoms with Crippen molar-refractivity contribution < 1.29 is 4.42 Å². The summed E-state index contributed by atoms with van der Waals surface area (Å²) in [6.45, 7) is 4.74. The van der Waals surface area contributed by atoms with Crippen molar-refractivity contribution in [1.29, 1.82) is 0 Å². The van der Waals surface area contributed by atoms with Crippen LogP contribution in [0.1, 0.15) is 68.6 Å². The first-order valence-corrected chi connectivity index (χ1v) is 16.6. The zero-order chi connectivity index (χ0) is 30.1. The summed E-state index contributed by atoms with van der Waals surface area (Å²) in [7, 11) is 0. The molecular weight excluding hydrogens is 546 g/mol. The SMILES string of the molecule is CC1(C)c2ccccc2-c2ccc(N(c3ccccc3C3CCCCC3)c3cccc4c3oc3ccc5ccccc5c34)cc21. The van der Waals surface area contributed by atoms with Crippen LogP contribution < -0.4 is 4.90 Å². The zero-order valence-corrected chi connectivity index (χ0v) is 26.0. The summed E-state index contributed by atoms with van der Waals surface area (Å²) in [5, 5.41) is 4.82. The Hall–Kier alpha value is -4.82. The van der Waals surface area contributed by atoms with E-state index in [4.69, 9.17) is 4.42 Å². The molecule has 7 aromatic rings. The average Bonchev–Trinajstić information content (AvgIpc) is 3.59. The second kappa shape index (κ2) is 10.1. The summed E-state index contributed by atoms with van der Waals surface area (Å²) < 4.78 is 6.84. The van der Waals surface area contributed by atoms with Gasteiger partial charge in [-0.25, -0.2) is 0 Å². The molecular formula is C43H37NO. The molecule has 45 heavy (non-hydrogen) atoms. The molecule has 2 aliphatic rings. The Balaban J connectivity index is 1.32. The quantitative estimate of drug-likeness (QED) is 0.205. The van der Waals surface area contributed by atoms with Gasteiger partial charge in [0, 0.05) is 27.6 Å². The second-order valence-electron chi connectivity index (χ2n) is 13.5. The molecule has 0 atom stereocenters. The Labute approximate surface area is 264 Å². The highest BCUT2D eigenvalue weighted by Gasteiger charge is 2.36. The predicted octanol–water partition coefficient (Wildman–Crippen LogP) is 12.6. The smallest absolute Gasteiger partial charge is 0.159 e. The van der Waals surface area contributed by atoms with Crippen LogP contribution in [-0.2, 0) is 5.41 Å². The summed E-state index contributed by atoms with van der Waals surface area (Å²) in [6.07, 6.45) is 6.44. The molecule has 220 valence electrons. The first-order valence-electron chi connectivity index (χ1n) is 16.6. The lowest BCUT2D eigenvalue weighted by atomic mass is 9.82. The summed E-state index contributed by atoms with van der Waals surface area (Å²) in [5.41, 5.74) is 12.2. The molecule has 0 unspecified atom stereocenters. The second-order valence-corrected chi connectivity index (χ2v) is 13.5. The van der Waals surface area contributed by atoms with Crippen LogP contribution in [0, 0.1) is 0 Å². The van der Waals surface area contributed by atoms with Gasteiger partial charge in [0.1, 0.15) is 5.58 Å². The maximum atomic E-state index is 6.84. The number of benzene rings is 6. The van der Waals surface area contributed by atoms with E-state index >= 15 is 0 Å². The van der Waals surface area contributed by atoms with Crippen LogP contribution in [0.2, 0.25) is 0 Å². The first-order chi connectivity index (χ1) is 22.1. The summed E-state index contributed by atoms with van der Waals surface area (Å²) in [4.78, 5) is 2.50. The van der Waals surface area contributed by atoms with E-state index in [0.717, 1.165) is 22.2 Å². The van der Waals surface area contributed by atoms with E-state index in [0.29, 0.717) is 5.92 Å². The molecule has 0 aliphatic heterocycles. The largest absolute Gasteiger partial charge is 0.454 e. The van der Waals surface area contributed by atoms with Crippen LogP contribution in [0.3, 0.4) is 0 Å². The first kappa shape index (κ1) is 26.6. The van der Waals surface area contributed by atoms with Crippen LogP contribution in [0.4, 0.5) is 17.1 Å². The Morgan fingerprint density at radius 1 is 0.622 bits per heavy atom. The van der Waals surface area contributed by atoms with Gasteiger partial charge in [0.05, 0.1) is 5.69 Å². The molecule has 1 fully saturated rings. The van der Waals surface area contributed by atoms with E-state index in [2.05, 4.69) is 140 Å². The van der Waals surface area contributed by atoms with Crippen LogP contribution >= 0.6 is 0 Å². The van der Waals surface area contributed by atoms with E-state index in [-0.39, 0.29) is 5.41 Å². The van der Waals surface area contributed by atoms with E-state index in [1.807, 2.05) is 0 Å². The summed E-state index contributed by atoms with van der Waals surface area (Å²) in [5.74, 6) is 0.561. The number of para-hydroxylation sites is 2. The molecule has 6 aromatic carbocycles. The Morgan fingerprint density at radius 3 is 2.27 bits per heavy atom. The van der Waals surface area contributed by atoms with Crippen LogP contribution in [0.25, 0.3) is 43.8 Å². The molecule has 2 nitrogen and oxygen atoms in total. The van der Waals surface area contributed by atoms with Crippen LogP contribution in [0.15, 0.2) is 126 Å². The number of furan rings is 1. The molecule has 1 saturated carbocycles. The van der Waals surface area contributed by atoms with Gasteiger partial charge in [-0.1, -0.05) is 124 Å². The van der Waals surface area contributed by atoms with Crippen LogP contribution in [-0.4, -0.2) is 0 Å². The van der Waals surface area contributed by atoms with Gasteiger partial charge in [0.2, 0.25) is 0 Å². The lowest BCUT2D eigenvalue weighted by Gasteiger charge is -2.32. The number of hydrogen-bond acceptors (Lipinski definition) is 2. The number of anilines is 3. The Bertz CT molecular complexity index is 2250. The highest BCUT2D eigenvalue weighted by Crippen LogP contribution is 2.52. The molecule has 0 amide bonds. The summed E-state index contributed by atoms with van der Waals surface area (Å²) in [6, 6.07) is 44.8. The van der Waals surface area contributed by atoms with Gasteiger partial charge in [-0.15, -0.1) is 0 Å². The number of rotatable bonds is 4. The minimum Gasteiger partial charge on any atom is -0.454 e. The van der Waals surface area contributed by atoms with Crippen molar-refractivity contribution in [2.75, 3.05) is 4.90 Å². The molecule has 0 spiro atoms. The van der Waals surface area contributed by atoms with Gasteiger partial charge in [0.15, 0.2) is 5.58 Å². The molecule has 9 rings (SSSR count). The minimum absolute atomic E-state index is 0.0826. The number of fused-ring (bicyclic) bond motifs is 8. The number of hydrogen-bond donors (Lipinski definition) is 0. The maximum absolute atomic E-state index is 6.84. The molecule has 2 heteroatoms. The fraction of sp³-hybridized carbons (Fsp3) is 0.209. The third-order valence-electron chi connectivity index (χ3n) is 10.7. The van der Waals surface area contributed by atoms with Gasteiger partial charge in [-0.05, 0) is 87.7 Å². The minimum atomic E-state index is -0.0826. The van der Waals surface area contributed by atoms with Crippen molar-refractivity contribution in [3.05, 3.63) is 138 Å². The molecule has 0 bridgehead atoms. The third kappa shape index (κ3) is 4.01. The Morgan fingerprint density at radius 2 is 1.36 bits per heavy atom. The van der Waals surface area contributed by atoms with E-state index in [1.54, 1.807) is 0 Å².